The van der Waals surface area contributed by atoms with Gasteiger partial charge in [0, 0.05) is 13.1 Å². The van der Waals surface area contributed by atoms with Crippen LogP contribution in [0.5, 0.6) is 0 Å². The van der Waals surface area contributed by atoms with Crippen molar-refractivity contribution in [3.05, 3.63) is 0 Å². The van der Waals surface area contributed by atoms with Crippen molar-refractivity contribution in [1.29, 1.82) is 0 Å². The number of rotatable bonds is 0. The normalized spacial score (nSPS) is 27.9. The molecule has 2 aliphatic heterocycles. The average molecular weight is 283 g/mol. The quantitative estimate of drug-likeness (QED) is 0.692. The summed E-state index contributed by atoms with van der Waals surface area (Å²) in [5.74, 6) is 0.00791. The smallest absolute Gasteiger partial charge is 0.410 e. The summed E-state index contributed by atoms with van der Waals surface area (Å²) >= 11 is 0. The van der Waals surface area contributed by atoms with Crippen LogP contribution in [-0.2, 0) is 9.53 Å². The van der Waals surface area contributed by atoms with Crippen molar-refractivity contribution in [1.82, 2.24) is 15.5 Å². The van der Waals surface area contributed by atoms with Crippen LogP contribution in [0.25, 0.3) is 0 Å². The minimum absolute atomic E-state index is 0.00791. The molecule has 2 heterocycles. The zero-order chi connectivity index (χ0) is 14.8. The molecule has 1 atom stereocenters. The lowest BCUT2D eigenvalue weighted by Gasteiger charge is -2.42. The van der Waals surface area contributed by atoms with E-state index < -0.39 is 5.60 Å². The summed E-state index contributed by atoms with van der Waals surface area (Å²) in [6.45, 7) is 7.97. The largest absolute Gasteiger partial charge is 0.444 e. The van der Waals surface area contributed by atoms with Gasteiger partial charge in [-0.25, -0.2) is 4.79 Å². The highest BCUT2D eigenvalue weighted by molar-refractivity contribution is 5.79. The first-order chi connectivity index (χ1) is 9.30. The van der Waals surface area contributed by atoms with Crippen LogP contribution >= 0.6 is 0 Å². The van der Waals surface area contributed by atoms with E-state index in [1.165, 1.54) is 0 Å². The molecule has 0 aliphatic carbocycles. The van der Waals surface area contributed by atoms with Gasteiger partial charge in [-0.15, -0.1) is 0 Å². The first-order valence-corrected chi connectivity index (χ1v) is 7.29. The van der Waals surface area contributed by atoms with Crippen LogP contribution in [0.3, 0.4) is 0 Å². The van der Waals surface area contributed by atoms with Crippen LogP contribution in [0.4, 0.5) is 4.79 Å². The van der Waals surface area contributed by atoms with E-state index in [1.54, 1.807) is 4.90 Å². The molecule has 6 heteroatoms. The molecule has 2 aliphatic rings. The maximum absolute atomic E-state index is 12.2. The van der Waals surface area contributed by atoms with Crippen LogP contribution in [-0.4, -0.2) is 54.2 Å². The third-order valence-electron chi connectivity index (χ3n) is 3.70. The van der Waals surface area contributed by atoms with Crippen molar-refractivity contribution in [2.24, 2.45) is 0 Å². The maximum atomic E-state index is 12.2. The molecule has 0 radical (unpaired) electrons. The van der Waals surface area contributed by atoms with Crippen LogP contribution in [0.1, 0.15) is 40.0 Å². The molecule has 2 amide bonds. The second-order valence-corrected chi connectivity index (χ2v) is 6.76. The van der Waals surface area contributed by atoms with Gasteiger partial charge in [-0.3, -0.25) is 4.79 Å². The second-order valence-electron chi connectivity index (χ2n) is 6.76. The van der Waals surface area contributed by atoms with Gasteiger partial charge in [0.15, 0.2) is 0 Å². The Morgan fingerprint density at radius 3 is 2.80 bits per heavy atom. The predicted molar refractivity (Wildman–Crippen MR) is 75.4 cm³/mol. The first kappa shape index (κ1) is 15.1. The predicted octanol–water partition coefficient (Wildman–Crippen LogP) is 0.866. The van der Waals surface area contributed by atoms with Crippen LogP contribution in [0, 0.1) is 0 Å². The topological polar surface area (TPSA) is 70.7 Å². The molecule has 0 aromatic carbocycles. The van der Waals surface area contributed by atoms with E-state index >= 15 is 0 Å². The third kappa shape index (κ3) is 3.85. The Morgan fingerprint density at radius 1 is 1.35 bits per heavy atom. The van der Waals surface area contributed by atoms with Gasteiger partial charge >= 0.3 is 6.09 Å². The molecule has 0 aromatic heterocycles. The summed E-state index contributed by atoms with van der Waals surface area (Å²) in [4.78, 5) is 25.7. The summed E-state index contributed by atoms with van der Waals surface area (Å²) in [6.07, 6.45) is 2.36. The van der Waals surface area contributed by atoms with Crippen LogP contribution in [0.15, 0.2) is 0 Å². The van der Waals surface area contributed by atoms with E-state index in [2.05, 4.69) is 10.6 Å². The average Bonchev–Trinajstić information content (AvgIpc) is 2.49. The van der Waals surface area contributed by atoms with Crippen molar-refractivity contribution in [2.75, 3.05) is 26.2 Å². The van der Waals surface area contributed by atoms with Crippen molar-refractivity contribution in [2.45, 2.75) is 51.2 Å². The second kappa shape index (κ2) is 5.60. The van der Waals surface area contributed by atoms with Crippen molar-refractivity contribution < 1.29 is 14.3 Å². The number of piperidine rings is 1. The SMILES string of the molecule is CC(C)(C)OC(=O)N1CCCC2(CCNCC(=O)N2)C1. The Labute approximate surface area is 120 Å². The fourth-order valence-electron chi connectivity index (χ4n) is 2.85. The molecule has 0 aromatic rings. The first-order valence-electron chi connectivity index (χ1n) is 7.29. The van der Waals surface area contributed by atoms with Gasteiger partial charge in [0.2, 0.25) is 5.91 Å². The summed E-state index contributed by atoms with van der Waals surface area (Å²) in [6, 6.07) is 0. The molecule has 0 bridgehead atoms. The minimum atomic E-state index is -0.490. The molecule has 1 spiro atoms. The molecule has 0 saturated carbocycles. The minimum Gasteiger partial charge on any atom is -0.444 e. The highest BCUT2D eigenvalue weighted by Gasteiger charge is 2.40. The number of likely N-dealkylation sites (tertiary alicyclic amines) is 1. The Hall–Kier alpha value is -1.30. The summed E-state index contributed by atoms with van der Waals surface area (Å²) in [5, 5.41) is 6.20. The monoisotopic (exact) mass is 283 g/mol. The fourth-order valence-corrected chi connectivity index (χ4v) is 2.85. The van der Waals surface area contributed by atoms with E-state index in [1.807, 2.05) is 20.8 Å². The summed E-state index contributed by atoms with van der Waals surface area (Å²) < 4.78 is 5.43. The number of carbonyl (C=O) groups excluding carboxylic acids is 2. The van der Waals surface area contributed by atoms with E-state index in [-0.39, 0.29) is 17.5 Å². The zero-order valence-corrected chi connectivity index (χ0v) is 12.6. The molecule has 114 valence electrons. The van der Waals surface area contributed by atoms with E-state index in [0.717, 1.165) is 25.8 Å². The van der Waals surface area contributed by atoms with Gasteiger partial charge in [0.05, 0.1) is 12.1 Å². The highest BCUT2D eigenvalue weighted by atomic mass is 16.6. The Bertz CT molecular complexity index is 392. The van der Waals surface area contributed by atoms with Gasteiger partial charge in [-0.2, -0.15) is 0 Å². The molecule has 2 rings (SSSR count). The standard InChI is InChI=1S/C14H25N3O3/c1-13(2,3)20-12(19)17-8-4-5-14(10-17)6-7-15-9-11(18)16-14/h15H,4-10H2,1-3H3,(H,16,18). The van der Waals surface area contributed by atoms with E-state index in [0.29, 0.717) is 19.6 Å². The molecular formula is C14H25N3O3. The van der Waals surface area contributed by atoms with Gasteiger partial charge in [0.25, 0.3) is 0 Å². The molecule has 2 N–H and O–H groups in total. The highest BCUT2D eigenvalue weighted by Crippen LogP contribution is 2.26. The lowest BCUT2D eigenvalue weighted by Crippen LogP contribution is -2.60. The van der Waals surface area contributed by atoms with Crippen molar-refractivity contribution in [3.8, 4) is 0 Å². The molecule has 2 saturated heterocycles. The van der Waals surface area contributed by atoms with Crippen molar-refractivity contribution in [3.63, 3.8) is 0 Å². The number of carbonyl (C=O) groups is 2. The summed E-state index contributed by atoms with van der Waals surface area (Å²) in [7, 11) is 0. The van der Waals surface area contributed by atoms with Crippen molar-refractivity contribution >= 4 is 12.0 Å². The number of hydrogen-bond donors (Lipinski definition) is 2. The maximum Gasteiger partial charge on any atom is 0.410 e. The fraction of sp³-hybridized carbons (Fsp3) is 0.857. The molecule has 1 unspecified atom stereocenters. The Balaban J connectivity index is 2.03. The summed E-state index contributed by atoms with van der Waals surface area (Å²) in [5.41, 5.74) is -0.786. The van der Waals surface area contributed by atoms with Gasteiger partial charge in [-0.05, 0) is 46.6 Å². The Kier molecular flexibility index (Phi) is 4.22. The number of hydrogen-bond acceptors (Lipinski definition) is 4. The molecular weight excluding hydrogens is 258 g/mol. The molecule has 20 heavy (non-hydrogen) atoms. The number of amides is 2. The van der Waals surface area contributed by atoms with Gasteiger partial charge < -0.3 is 20.3 Å². The van der Waals surface area contributed by atoms with E-state index in [4.69, 9.17) is 4.74 Å². The molecule has 6 nitrogen and oxygen atoms in total. The Morgan fingerprint density at radius 2 is 2.10 bits per heavy atom. The van der Waals surface area contributed by atoms with Crippen LogP contribution < -0.4 is 10.6 Å². The zero-order valence-electron chi connectivity index (χ0n) is 12.6. The van der Waals surface area contributed by atoms with E-state index in [9.17, 15) is 9.59 Å². The van der Waals surface area contributed by atoms with Gasteiger partial charge in [-0.1, -0.05) is 0 Å². The lowest BCUT2D eigenvalue weighted by atomic mass is 9.86. The molecule has 2 fully saturated rings. The third-order valence-corrected chi connectivity index (χ3v) is 3.70. The van der Waals surface area contributed by atoms with Gasteiger partial charge in [0.1, 0.15) is 5.60 Å². The lowest BCUT2D eigenvalue weighted by molar-refractivity contribution is -0.122. The number of nitrogens with one attached hydrogen (secondary N) is 2. The number of ether oxygens (including phenoxy) is 1. The number of nitrogens with zero attached hydrogens (tertiary/aromatic N) is 1. The van der Waals surface area contributed by atoms with Crippen LogP contribution in [0.2, 0.25) is 0 Å².